The molecule has 0 radical (unpaired) electrons. The van der Waals surface area contributed by atoms with Gasteiger partial charge in [-0.25, -0.2) is 0 Å². The van der Waals surface area contributed by atoms with Crippen LogP contribution in [0.3, 0.4) is 0 Å². The molecule has 0 saturated carbocycles. The van der Waals surface area contributed by atoms with Gasteiger partial charge in [-0.2, -0.15) is 0 Å². The molecule has 0 N–H and O–H groups in total. The monoisotopic (exact) mass is 363 g/mol. The number of nitrogens with zero attached hydrogens (tertiary/aromatic N) is 1. The molecule has 0 aliphatic carbocycles. The van der Waals surface area contributed by atoms with Gasteiger partial charge in [0, 0.05) is 22.8 Å². The van der Waals surface area contributed by atoms with Gasteiger partial charge in [0.05, 0.1) is 5.52 Å². The van der Waals surface area contributed by atoms with Crippen LogP contribution in [0.25, 0.3) is 21.8 Å². The van der Waals surface area contributed by atoms with E-state index in [1.54, 1.807) is 11.1 Å². The van der Waals surface area contributed by atoms with Crippen LogP contribution >= 0.6 is 0 Å². The molecule has 0 atom stereocenters. The third-order valence-electron chi connectivity index (χ3n) is 5.72. The van der Waals surface area contributed by atoms with E-state index < -0.39 is 0 Å². The molecule has 0 amide bonds. The number of fused-ring (bicyclic) bond motifs is 3. The summed E-state index contributed by atoms with van der Waals surface area (Å²) >= 11 is 0. The molecule has 3 aromatic rings. The van der Waals surface area contributed by atoms with E-state index in [0.717, 1.165) is 13.0 Å². The fourth-order valence-electron chi connectivity index (χ4n) is 4.56. The summed E-state index contributed by atoms with van der Waals surface area (Å²) in [5, 5.41) is 2.95. The van der Waals surface area contributed by atoms with Gasteiger partial charge in [-0.05, 0) is 60.8 Å². The molecule has 0 bridgehead atoms. The van der Waals surface area contributed by atoms with Crippen molar-refractivity contribution in [2.24, 2.45) is 11.8 Å². The zero-order valence-corrected chi connectivity index (χ0v) is 18.2. The zero-order valence-electron chi connectivity index (χ0n) is 18.2. The molecule has 27 heavy (non-hydrogen) atoms. The Morgan fingerprint density at radius 2 is 1.56 bits per heavy atom. The molecule has 0 unspecified atom stereocenters. The van der Waals surface area contributed by atoms with Crippen molar-refractivity contribution in [1.29, 1.82) is 0 Å². The molecule has 2 aromatic carbocycles. The quantitative estimate of drug-likeness (QED) is 0.361. The summed E-state index contributed by atoms with van der Waals surface area (Å²) in [6.45, 7) is 15.1. The summed E-state index contributed by atoms with van der Waals surface area (Å²) in [5.74, 6) is 1.36. The first kappa shape index (κ1) is 20.0. The van der Waals surface area contributed by atoms with Gasteiger partial charge in [-0.1, -0.05) is 71.7 Å². The summed E-state index contributed by atoms with van der Waals surface area (Å²) in [6, 6.07) is 11.6. The Kier molecular flexibility index (Phi) is 6.29. The topological polar surface area (TPSA) is 4.93 Å². The highest BCUT2D eigenvalue weighted by atomic mass is 15.0. The Balaban J connectivity index is 2.32. The third kappa shape index (κ3) is 4.08. The van der Waals surface area contributed by atoms with E-state index in [9.17, 15) is 0 Å². The first-order chi connectivity index (χ1) is 12.9. The maximum atomic E-state index is 2.63. The number of aryl methyl sites for hydroxylation is 2. The van der Waals surface area contributed by atoms with E-state index in [4.69, 9.17) is 0 Å². The summed E-state index contributed by atoms with van der Waals surface area (Å²) in [6.07, 6.45) is 6.16. The molecule has 3 rings (SSSR count). The van der Waals surface area contributed by atoms with Crippen molar-refractivity contribution in [3.05, 3.63) is 47.0 Å². The second kappa shape index (κ2) is 8.50. The highest BCUT2D eigenvalue weighted by Crippen LogP contribution is 2.37. The Bertz CT molecular complexity index is 911. The number of benzene rings is 2. The first-order valence-electron chi connectivity index (χ1n) is 11.0. The Labute approximate surface area is 165 Å². The third-order valence-corrected chi connectivity index (χ3v) is 5.72. The average Bonchev–Trinajstić information content (AvgIpc) is 2.94. The zero-order chi connectivity index (χ0) is 19.6. The minimum absolute atomic E-state index is 0.671. The first-order valence-corrected chi connectivity index (χ1v) is 11.0. The number of unbranched alkanes of at least 4 members (excludes halogenated alkanes) is 2. The van der Waals surface area contributed by atoms with Gasteiger partial charge in [-0.3, -0.25) is 0 Å². The van der Waals surface area contributed by atoms with Crippen molar-refractivity contribution in [3.8, 4) is 0 Å². The minimum Gasteiger partial charge on any atom is -0.340 e. The number of hydrogen-bond donors (Lipinski definition) is 0. The normalized spacial score (nSPS) is 12.1. The lowest BCUT2D eigenvalue weighted by Crippen LogP contribution is -2.06. The van der Waals surface area contributed by atoms with Crippen molar-refractivity contribution in [2.75, 3.05) is 0 Å². The van der Waals surface area contributed by atoms with Crippen molar-refractivity contribution in [2.45, 2.75) is 80.2 Å². The highest BCUT2D eigenvalue weighted by Gasteiger charge is 2.19. The van der Waals surface area contributed by atoms with E-state index in [2.05, 4.69) is 76.4 Å². The Morgan fingerprint density at radius 3 is 2.22 bits per heavy atom. The van der Waals surface area contributed by atoms with Gasteiger partial charge >= 0.3 is 0 Å². The summed E-state index contributed by atoms with van der Waals surface area (Å²) < 4.78 is 2.63. The van der Waals surface area contributed by atoms with Crippen LogP contribution in [0.5, 0.6) is 0 Å². The van der Waals surface area contributed by atoms with Crippen LogP contribution in [0, 0.1) is 18.8 Å². The van der Waals surface area contributed by atoms with E-state index in [-0.39, 0.29) is 0 Å². The van der Waals surface area contributed by atoms with Gasteiger partial charge in [0.1, 0.15) is 0 Å². The maximum Gasteiger partial charge on any atom is 0.0526 e. The van der Waals surface area contributed by atoms with E-state index >= 15 is 0 Å². The maximum absolute atomic E-state index is 2.63. The van der Waals surface area contributed by atoms with Crippen LogP contribution in [0.4, 0.5) is 0 Å². The van der Waals surface area contributed by atoms with Gasteiger partial charge in [0.25, 0.3) is 0 Å². The van der Waals surface area contributed by atoms with Crippen molar-refractivity contribution < 1.29 is 0 Å². The predicted octanol–water partition coefficient (Wildman–Crippen LogP) is 7.69. The van der Waals surface area contributed by atoms with Gasteiger partial charge in [0.2, 0.25) is 0 Å². The molecule has 0 spiro atoms. The smallest absolute Gasteiger partial charge is 0.0526 e. The molecule has 1 nitrogen and oxygen atoms in total. The second-order valence-electron chi connectivity index (χ2n) is 9.12. The van der Waals surface area contributed by atoms with Crippen LogP contribution in [0.15, 0.2) is 30.3 Å². The molecule has 1 aromatic heterocycles. The fourth-order valence-corrected chi connectivity index (χ4v) is 4.56. The van der Waals surface area contributed by atoms with Crippen LogP contribution in [0.1, 0.15) is 70.6 Å². The summed E-state index contributed by atoms with van der Waals surface area (Å²) in [7, 11) is 0. The van der Waals surface area contributed by atoms with Crippen LogP contribution in [-0.2, 0) is 19.4 Å². The molecule has 1 heteroatoms. The number of aromatic nitrogens is 1. The van der Waals surface area contributed by atoms with Gasteiger partial charge in [0.15, 0.2) is 0 Å². The lowest BCUT2D eigenvalue weighted by atomic mass is 9.90. The van der Waals surface area contributed by atoms with E-state index in [1.807, 2.05) is 0 Å². The molecule has 0 saturated heterocycles. The van der Waals surface area contributed by atoms with Gasteiger partial charge in [-0.15, -0.1) is 0 Å². The van der Waals surface area contributed by atoms with E-state index in [0.29, 0.717) is 11.8 Å². The Morgan fingerprint density at radius 1 is 0.889 bits per heavy atom. The largest absolute Gasteiger partial charge is 0.340 e. The summed E-state index contributed by atoms with van der Waals surface area (Å²) in [5.41, 5.74) is 7.51. The molecular formula is C26H37N. The van der Waals surface area contributed by atoms with E-state index in [1.165, 1.54) is 53.1 Å². The average molecular weight is 364 g/mol. The van der Waals surface area contributed by atoms with Crippen molar-refractivity contribution in [3.63, 3.8) is 0 Å². The SMILES string of the molecule is CCCCCn1c2ccccc2c2c(C)c(CC(C)C)cc(CC(C)C)c21. The number of rotatable bonds is 8. The summed E-state index contributed by atoms with van der Waals surface area (Å²) in [4.78, 5) is 0. The molecule has 0 aliphatic heterocycles. The van der Waals surface area contributed by atoms with Crippen molar-refractivity contribution >= 4 is 21.8 Å². The lowest BCUT2D eigenvalue weighted by Gasteiger charge is -2.17. The second-order valence-corrected chi connectivity index (χ2v) is 9.12. The molecule has 0 aliphatic rings. The minimum atomic E-state index is 0.671. The lowest BCUT2D eigenvalue weighted by molar-refractivity contribution is 0.617. The Hall–Kier alpha value is -1.76. The molecule has 0 fully saturated rings. The predicted molar refractivity (Wildman–Crippen MR) is 121 cm³/mol. The van der Waals surface area contributed by atoms with Crippen LogP contribution < -0.4 is 0 Å². The van der Waals surface area contributed by atoms with Crippen LogP contribution in [-0.4, -0.2) is 4.57 Å². The molecule has 1 heterocycles. The van der Waals surface area contributed by atoms with Gasteiger partial charge < -0.3 is 4.57 Å². The van der Waals surface area contributed by atoms with Crippen molar-refractivity contribution in [1.82, 2.24) is 4.57 Å². The standard InChI is InChI=1S/C26H37N/c1-7-8-11-14-27-24-13-10-9-12-23(24)25-20(6)21(15-18(2)3)17-22(26(25)27)16-19(4)5/h9-10,12-13,17-19H,7-8,11,14-16H2,1-6H3. The fraction of sp³-hybridized carbons (Fsp3) is 0.538. The number of hydrogen-bond acceptors (Lipinski definition) is 0. The van der Waals surface area contributed by atoms with Crippen LogP contribution in [0.2, 0.25) is 0 Å². The number of para-hydroxylation sites is 1. The highest BCUT2D eigenvalue weighted by molar-refractivity contribution is 6.11. The molecule has 146 valence electrons. The molecular weight excluding hydrogens is 326 g/mol.